The van der Waals surface area contributed by atoms with Crippen LogP contribution < -0.4 is 26.9 Å². The Morgan fingerprint density at radius 1 is 0.975 bits per heavy atom. The first kappa shape index (κ1) is 28.2. The number of ketones is 1. The minimum atomic E-state index is -1.78. The Labute approximate surface area is 229 Å². The molecule has 1 aliphatic rings. The molecule has 3 aromatic rings. The van der Waals surface area contributed by atoms with Gasteiger partial charge in [0.2, 0.25) is 17.7 Å². The fourth-order valence-corrected chi connectivity index (χ4v) is 4.47. The number of nitrogens with one attached hydrogen (secondary N) is 4. The second-order valence-electron chi connectivity index (χ2n) is 9.99. The van der Waals surface area contributed by atoms with Gasteiger partial charge in [-0.1, -0.05) is 30.3 Å². The highest BCUT2D eigenvalue weighted by molar-refractivity contribution is 6.15. The molecule has 0 saturated carbocycles. The Kier molecular flexibility index (Phi) is 8.13. The van der Waals surface area contributed by atoms with Crippen molar-refractivity contribution in [3.8, 4) is 0 Å². The van der Waals surface area contributed by atoms with Gasteiger partial charge in [0.1, 0.15) is 17.7 Å². The first-order chi connectivity index (χ1) is 19.0. The summed E-state index contributed by atoms with van der Waals surface area (Å²) in [4.78, 5) is 75.3. The average Bonchev–Trinajstić information content (AvgIpc) is 2.90. The van der Waals surface area contributed by atoms with Crippen LogP contribution in [0, 0.1) is 6.92 Å². The molecule has 0 radical (unpaired) electrons. The summed E-state index contributed by atoms with van der Waals surface area (Å²) in [5.74, 6) is -2.91. The van der Waals surface area contributed by atoms with Crippen LogP contribution in [-0.2, 0) is 30.4 Å². The van der Waals surface area contributed by atoms with Crippen molar-refractivity contribution in [2.24, 2.45) is 0 Å². The van der Waals surface area contributed by atoms with Gasteiger partial charge in [0, 0.05) is 42.5 Å². The van der Waals surface area contributed by atoms with Crippen LogP contribution in [-0.4, -0.2) is 47.0 Å². The molecule has 1 fully saturated rings. The Balaban J connectivity index is 1.50. The molecule has 4 N–H and O–H groups in total. The highest BCUT2D eigenvalue weighted by Gasteiger charge is 2.45. The van der Waals surface area contributed by atoms with Crippen LogP contribution >= 0.6 is 0 Å². The maximum Gasteiger partial charge on any atom is 0.336 e. The van der Waals surface area contributed by atoms with Gasteiger partial charge in [0.05, 0.1) is 0 Å². The molecule has 2 heterocycles. The van der Waals surface area contributed by atoms with E-state index < -0.39 is 52.7 Å². The molecule has 1 aliphatic heterocycles. The Morgan fingerprint density at radius 3 is 2.42 bits per heavy atom. The van der Waals surface area contributed by atoms with Crippen LogP contribution in [0.3, 0.4) is 0 Å². The number of amides is 4. The van der Waals surface area contributed by atoms with Crippen LogP contribution in [0.2, 0.25) is 0 Å². The van der Waals surface area contributed by atoms with E-state index in [2.05, 4.69) is 21.3 Å². The molecule has 11 heteroatoms. The molecule has 1 aromatic heterocycles. The van der Waals surface area contributed by atoms with E-state index in [0.717, 1.165) is 16.5 Å². The quantitative estimate of drug-likeness (QED) is 0.246. The second kappa shape index (κ2) is 11.5. The SMILES string of the molecule is Cc1cc(=O)oc2cc(NC(=O)[C@H](Cc3ccccc3)NC(=O)[C@H](C)NC(=O)[C@]3(C)NC(=O)CCC3=O)ccc12. The summed E-state index contributed by atoms with van der Waals surface area (Å²) < 4.78 is 5.26. The summed E-state index contributed by atoms with van der Waals surface area (Å²) in [5, 5.41) is 11.0. The first-order valence-electron chi connectivity index (χ1n) is 12.8. The summed E-state index contributed by atoms with van der Waals surface area (Å²) in [6.07, 6.45) is 0.0670. The summed E-state index contributed by atoms with van der Waals surface area (Å²) in [6, 6.07) is 13.2. The van der Waals surface area contributed by atoms with E-state index in [-0.39, 0.29) is 19.3 Å². The van der Waals surface area contributed by atoms with E-state index in [9.17, 15) is 28.8 Å². The van der Waals surface area contributed by atoms with Crippen molar-refractivity contribution in [2.45, 2.75) is 57.7 Å². The lowest BCUT2D eigenvalue weighted by molar-refractivity contribution is -0.145. The molecule has 11 nitrogen and oxygen atoms in total. The third kappa shape index (κ3) is 6.25. The highest BCUT2D eigenvalue weighted by atomic mass is 16.4. The van der Waals surface area contributed by atoms with E-state index in [1.54, 1.807) is 31.2 Å². The lowest BCUT2D eigenvalue weighted by Crippen LogP contribution is -2.66. The van der Waals surface area contributed by atoms with E-state index >= 15 is 0 Å². The van der Waals surface area contributed by atoms with Gasteiger partial charge in [0.25, 0.3) is 5.91 Å². The minimum Gasteiger partial charge on any atom is -0.423 e. The van der Waals surface area contributed by atoms with Crippen LogP contribution in [0.25, 0.3) is 11.0 Å². The summed E-state index contributed by atoms with van der Waals surface area (Å²) in [7, 11) is 0. The predicted octanol–water partition coefficient (Wildman–Crippen LogP) is 1.51. The van der Waals surface area contributed by atoms with Crippen molar-refractivity contribution < 1.29 is 28.4 Å². The molecule has 2 aromatic carbocycles. The molecule has 3 atom stereocenters. The zero-order valence-electron chi connectivity index (χ0n) is 22.3. The number of fused-ring (bicyclic) bond motifs is 1. The Bertz CT molecular complexity index is 1550. The molecule has 0 bridgehead atoms. The summed E-state index contributed by atoms with van der Waals surface area (Å²) in [5.41, 5.74) is -0.115. The number of Topliss-reactive ketones (excluding diaryl/α,β-unsaturated/α-hetero) is 1. The van der Waals surface area contributed by atoms with E-state index in [0.29, 0.717) is 11.3 Å². The number of hydrogen-bond acceptors (Lipinski definition) is 7. The number of rotatable bonds is 8. The summed E-state index contributed by atoms with van der Waals surface area (Å²) >= 11 is 0. The average molecular weight is 547 g/mol. The fraction of sp³-hybridized carbons (Fsp3) is 0.310. The molecular weight excluding hydrogens is 516 g/mol. The molecule has 0 aliphatic carbocycles. The number of anilines is 1. The molecule has 208 valence electrons. The van der Waals surface area contributed by atoms with E-state index in [1.807, 2.05) is 18.2 Å². The van der Waals surface area contributed by atoms with Crippen molar-refractivity contribution in [3.63, 3.8) is 0 Å². The van der Waals surface area contributed by atoms with E-state index in [1.165, 1.54) is 26.0 Å². The Hall–Kier alpha value is -4.80. The molecule has 0 spiro atoms. The molecule has 0 unspecified atom stereocenters. The normalized spacial score (nSPS) is 18.4. The molecule has 4 rings (SSSR count). The molecule has 40 heavy (non-hydrogen) atoms. The monoisotopic (exact) mass is 546 g/mol. The third-order valence-electron chi connectivity index (χ3n) is 6.86. The number of carbonyl (C=O) groups excluding carboxylic acids is 5. The van der Waals surface area contributed by atoms with Crippen LogP contribution in [0.5, 0.6) is 0 Å². The number of hydrogen-bond donors (Lipinski definition) is 4. The van der Waals surface area contributed by atoms with Crippen molar-refractivity contribution in [1.82, 2.24) is 16.0 Å². The lowest BCUT2D eigenvalue weighted by Gasteiger charge is -2.32. The number of aryl methyl sites for hydroxylation is 1. The Morgan fingerprint density at radius 2 is 1.70 bits per heavy atom. The van der Waals surface area contributed by atoms with Gasteiger partial charge in [0.15, 0.2) is 11.3 Å². The van der Waals surface area contributed by atoms with Crippen molar-refractivity contribution in [2.75, 3.05) is 5.32 Å². The molecular formula is C29H30N4O7. The highest BCUT2D eigenvalue weighted by Crippen LogP contribution is 2.21. The van der Waals surface area contributed by atoms with Crippen molar-refractivity contribution in [3.05, 3.63) is 76.1 Å². The predicted molar refractivity (Wildman–Crippen MR) is 146 cm³/mol. The maximum absolute atomic E-state index is 13.3. The lowest BCUT2D eigenvalue weighted by atomic mass is 9.88. The second-order valence-corrected chi connectivity index (χ2v) is 9.99. The summed E-state index contributed by atoms with van der Waals surface area (Å²) in [6.45, 7) is 4.49. The van der Waals surface area contributed by atoms with Gasteiger partial charge in [-0.05, 0) is 44.0 Å². The van der Waals surface area contributed by atoms with Gasteiger partial charge in [-0.25, -0.2) is 4.79 Å². The largest absolute Gasteiger partial charge is 0.423 e. The van der Waals surface area contributed by atoms with Gasteiger partial charge < -0.3 is 25.7 Å². The topological polar surface area (TPSA) is 164 Å². The fourth-order valence-electron chi connectivity index (χ4n) is 4.47. The minimum absolute atomic E-state index is 0.00300. The van der Waals surface area contributed by atoms with Crippen molar-refractivity contribution >= 4 is 46.1 Å². The first-order valence-corrected chi connectivity index (χ1v) is 12.8. The smallest absolute Gasteiger partial charge is 0.336 e. The molecule has 1 saturated heterocycles. The van der Waals surface area contributed by atoms with Gasteiger partial charge in [-0.15, -0.1) is 0 Å². The third-order valence-corrected chi connectivity index (χ3v) is 6.86. The zero-order valence-corrected chi connectivity index (χ0v) is 22.3. The standard InChI is InChI=1S/C29H30N4O7/c1-16-13-25(36)40-22-15-19(9-10-20(16)22)31-27(38)21(14-18-7-5-4-6-8-18)32-26(37)17(2)30-28(39)29(3)23(34)11-12-24(35)33-29/h4-10,13,15,17,21H,11-12,14H2,1-3H3,(H,30,39)(H,31,38)(H,32,37)(H,33,35)/t17-,21-,29+/m0/s1. The van der Waals surface area contributed by atoms with Gasteiger partial charge >= 0.3 is 5.63 Å². The number of carbonyl (C=O) groups is 5. The van der Waals surface area contributed by atoms with Gasteiger partial charge in [-0.3, -0.25) is 24.0 Å². The van der Waals surface area contributed by atoms with Crippen LogP contribution in [0.4, 0.5) is 5.69 Å². The molecule has 4 amide bonds. The zero-order chi connectivity index (χ0) is 29.0. The van der Waals surface area contributed by atoms with Crippen molar-refractivity contribution in [1.29, 1.82) is 0 Å². The van der Waals surface area contributed by atoms with Gasteiger partial charge in [-0.2, -0.15) is 0 Å². The van der Waals surface area contributed by atoms with Crippen LogP contribution in [0.15, 0.2) is 63.8 Å². The maximum atomic E-state index is 13.3. The van der Waals surface area contributed by atoms with Crippen LogP contribution in [0.1, 0.15) is 37.8 Å². The number of piperidine rings is 1. The van der Waals surface area contributed by atoms with E-state index in [4.69, 9.17) is 4.42 Å². The number of benzene rings is 2.